The summed E-state index contributed by atoms with van der Waals surface area (Å²) in [6.07, 6.45) is 0. The van der Waals surface area contributed by atoms with Crippen LogP contribution in [0.15, 0.2) is 69.2 Å². The molecule has 7 nitrogen and oxygen atoms in total. The Morgan fingerprint density at radius 3 is 2.11 bits per heavy atom. The minimum absolute atomic E-state index is 0.0484. The van der Waals surface area contributed by atoms with Crippen molar-refractivity contribution in [2.75, 3.05) is 5.73 Å². The molecule has 0 atom stereocenters. The van der Waals surface area contributed by atoms with Crippen LogP contribution in [-0.2, 0) is 9.84 Å². The Balaban J connectivity index is 2.44. The van der Waals surface area contributed by atoms with Crippen molar-refractivity contribution >= 4 is 15.7 Å². The summed E-state index contributed by atoms with van der Waals surface area (Å²) in [5.41, 5.74) is 4.35. The van der Waals surface area contributed by atoms with Gasteiger partial charge in [0.15, 0.2) is 0 Å². The van der Waals surface area contributed by atoms with E-state index in [9.17, 15) is 23.7 Å². The smallest absolute Gasteiger partial charge is 0.268 e. The summed E-state index contributed by atoms with van der Waals surface area (Å²) in [6.45, 7) is 0. The van der Waals surface area contributed by atoms with E-state index < -0.39 is 15.4 Å². The van der Waals surface area contributed by atoms with Crippen LogP contribution in [0.2, 0.25) is 0 Å². The zero-order chi connectivity index (χ0) is 19.6. The van der Waals surface area contributed by atoms with Crippen LogP contribution in [0.4, 0.5) is 5.82 Å². The highest BCUT2D eigenvalue weighted by molar-refractivity contribution is 7.91. The average molecular weight is 376 g/mol. The van der Waals surface area contributed by atoms with Gasteiger partial charge in [-0.2, -0.15) is 10.5 Å². The lowest BCUT2D eigenvalue weighted by atomic mass is 9.96. The first-order valence-corrected chi connectivity index (χ1v) is 9.15. The third-order valence-corrected chi connectivity index (χ3v) is 5.80. The molecule has 132 valence electrons. The van der Waals surface area contributed by atoms with E-state index in [0.717, 1.165) is 0 Å². The lowest BCUT2D eigenvalue weighted by Gasteiger charge is -2.14. The zero-order valence-corrected chi connectivity index (χ0v) is 14.6. The van der Waals surface area contributed by atoms with Gasteiger partial charge in [-0.15, -0.1) is 0 Å². The minimum Gasteiger partial charge on any atom is -0.384 e. The number of nitrogens with one attached hydrogen (secondary N) is 1. The van der Waals surface area contributed by atoms with E-state index in [-0.39, 0.29) is 37.9 Å². The third kappa shape index (κ3) is 2.95. The van der Waals surface area contributed by atoms with Crippen LogP contribution in [-0.4, -0.2) is 13.4 Å². The van der Waals surface area contributed by atoms with Crippen molar-refractivity contribution in [2.45, 2.75) is 9.79 Å². The van der Waals surface area contributed by atoms with Crippen molar-refractivity contribution < 1.29 is 8.42 Å². The highest BCUT2D eigenvalue weighted by Crippen LogP contribution is 2.35. The average Bonchev–Trinajstić information content (AvgIpc) is 2.68. The first-order valence-electron chi connectivity index (χ1n) is 7.67. The van der Waals surface area contributed by atoms with Crippen LogP contribution in [0.3, 0.4) is 0 Å². The largest absolute Gasteiger partial charge is 0.384 e. The number of H-pyrrole nitrogens is 1. The summed E-state index contributed by atoms with van der Waals surface area (Å²) in [7, 11) is -3.97. The van der Waals surface area contributed by atoms with Crippen molar-refractivity contribution in [3.8, 4) is 23.3 Å². The Morgan fingerprint density at radius 2 is 1.48 bits per heavy atom. The van der Waals surface area contributed by atoms with Gasteiger partial charge in [0.25, 0.3) is 5.56 Å². The Morgan fingerprint density at radius 1 is 0.889 bits per heavy atom. The number of nitriles is 2. The molecule has 3 rings (SSSR count). The summed E-state index contributed by atoms with van der Waals surface area (Å²) in [5.74, 6) is -0.233. The molecule has 0 radical (unpaired) electrons. The zero-order valence-electron chi connectivity index (χ0n) is 13.8. The van der Waals surface area contributed by atoms with Gasteiger partial charge >= 0.3 is 0 Å². The van der Waals surface area contributed by atoms with Crippen molar-refractivity contribution in [2.24, 2.45) is 0 Å². The highest BCUT2D eigenvalue weighted by Gasteiger charge is 2.26. The molecule has 1 aromatic heterocycles. The maximum absolute atomic E-state index is 13.1. The summed E-state index contributed by atoms with van der Waals surface area (Å²) in [5, 5.41) is 18.9. The van der Waals surface area contributed by atoms with Crippen LogP contribution in [0.5, 0.6) is 0 Å². The molecule has 0 amide bonds. The van der Waals surface area contributed by atoms with Gasteiger partial charge in [-0.1, -0.05) is 36.4 Å². The number of pyridine rings is 1. The fraction of sp³-hybridized carbons (Fsp3) is 0. The number of anilines is 1. The first kappa shape index (κ1) is 17.9. The Labute approximate surface area is 154 Å². The molecule has 2 aromatic carbocycles. The third-order valence-electron chi connectivity index (χ3n) is 3.97. The quantitative estimate of drug-likeness (QED) is 0.718. The van der Waals surface area contributed by atoms with E-state index in [0.29, 0.717) is 0 Å². The van der Waals surface area contributed by atoms with Gasteiger partial charge in [0.2, 0.25) is 9.84 Å². The van der Waals surface area contributed by atoms with Gasteiger partial charge in [-0.05, 0) is 18.2 Å². The number of benzene rings is 2. The van der Waals surface area contributed by atoms with Crippen LogP contribution in [0.25, 0.3) is 11.1 Å². The number of nitrogens with zero attached hydrogens (tertiary/aromatic N) is 2. The number of aromatic nitrogens is 1. The second-order valence-corrected chi connectivity index (χ2v) is 7.45. The molecule has 0 bridgehead atoms. The molecule has 0 spiro atoms. The van der Waals surface area contributed by atoms with E-state index in [1.165, 1.54) is 30.3 Å². The number of sulfone groups is 1. The molecule has 0 fully saturated rings. The molecular formula is C19H12N4O3S. The standard InChI is InChI=1S/C19H12N4O3S/c20-10-14-17(15(11-21)19(24)23-18(14)22)13-8-4-5-9-16(13)27(25,26)12-6-2-1-3-7-12/h1-9H,(H3,22,23,24). The summed E-state index contributed by atoms with van der Waals surface area (Å²) in [6, 6.07) is 17.2. The molecule has 0 aliphatic carbocycles. The number of nitrogens with two attached hydrogens (primary N) is 1. The molecule has 27 heavy (non-hydrogen) atoms. The monoisotopic (exact) mass is 376 g/mol. The van der Waals surface area contributed by atoms with Gasteiger partial charge < -0.3 is 10.7 Å². The number of hydrogen-bond donors (Lipinski definition) is 2. The molecule has 0 saturated carbocycles. The Bertz CT molecular complexity index is 1280. The van der Waals surface area contributed by atoms with Crippen molar-refractivity contribution in [1.29, 1.82) is 10.5 Å². The summed E-state index contributed by atoms with van der Waals surface area (Å²) in [4.78, 5) is 14.3. The van der Waals surface area contributed by atoms with E-state index in [4.69, 9.17) is 5.73 Å². The second kappa shape index (κ2) is 6.79. The van der Waals surface area contributed by atoms with Gasteiger partial charge in [-0.3, -0.25) is 4.79 Å². The molecule has 3 aromatic rings. The predicted octanol–water partition coefficient (Wildman–Crippen LogP) is 2.20. The highest BCUT2D eigenvalue weighted by atomic mass is 32.2. The van der Waals surface area contributed by atoms with Gasteiger partial charge in [0.05, 0.1) is 9.79 Å². The van der Waals surface area contributed by atoms with E-state index in [1.807, 2.05) is 6.07 Å². The Kier molecular flexibility index (Phi) is 4.51. The van der Waals surface area contributed by atoms with Crippen molar-refractivity contribution in [3.05, 3.63) is 76.1 Å². The van der Waals surface area contributed by atoms with E-state index in [2.05, 4.69) is 4.98 Å². The second-order valence-electron chi connectivity index (χ2n) is 5.53. The van der Waals surface area contributed by atoms with E-state index in [1.54, 1.807) is 30.3 Å². The van der Waals surface area contributed by atoms with Crippen LogP contribution < -0.4 is 11.3 Å². The molecule has 0 unspecified atom stereocenters. The molecule has 1 heterocycles. The summed E-state index contributed by atoms with van der Waals surface area (Å²) >= 11 is 0. The fourth-order valence-corrected chi connectivity index (χ4v) is 4.23. The van der Waals surface area contributed by atoms with Gasteiger partial charge in [-0.25, -0.2) is 8.42 Å². The molecule has 3 N–H and O–H groups in total. The SMILES string of the molecule is N#Cc1c(N)[nH]c(=O)c(C#N)c1-c1ccccc1S(=O)(=O)c1ccccc1. The van der Waals surface area contributed by atoms with Crippen molar-refractivity contribution in [1.82, 2.24) is 4.98 Å². The van der Waals surface area contributed by atoms with Gasteiger partial charge in [0, 0.05) is 11.1 Å². The molecule has 0 aliphatic rings. The molecule has 8 heteroatoms. The lowest BCUT2D eigenvalue weighted by Crippen LogP contribution is -2.17. The molecule has 0 saturated heterocycles. The maximum atomic E-state index is 13.1. The number of nitrogen functional groups attached to an aromatic ring is 1. The van der Waals surface area contributed by atoms with Gasteiger partial charge in [0.1, 0.15) is 29.1 Å². The van der Waals surface area contributed by atoms with Crippen molar-refractivity contribution in [3.63, 3.8) is 0 Å². The number of hydrogen-bond acceptors (Lipinski definition) is 6. The number of rotatable bonds is 3. The summed E-state index contributed by atoms with van der Waals surface area (Å²) < 4.78 is 26.2. The van der Waals surface area contributed by atoms with E-state index >= 15 is 0 Å². The maximum Gasteiger partial charge on any atom is 0.268 e. The lowest BCUT2D eigenvalue weighted by molar-refractivity contribution is 0.596. The topological polar surface area (TPSA) is 141 Å². The Hall–Kier alpha value is -3.88. The minimum atomic E-state index is -3.97. The number of aromatic amines is 1. The predicted molar refractivity (Wildman–Crippen MR) is 98.2 cm³/mol. The fourth-order valence-electron chi connectivity index (χ4n) is 2.75. The van der Waals surface area contributed by atoms with Crippen LogP contribution in [0, 0.1) is 22.7 Å². The molecule has 0 aliphatic heterocycles. The van der Waals surface area contributed by atoms with Crippen LogP contribution in [0.1, 0.15) is 11.1 Å². The van der Waals surface area contributed by atoms with Crippen LogP contribution >= 0.6 is 0 Å². The first-order chi connectivity index (χ1) is 12.9. The normalized spacial score (nSPS) is 10.7. The molecular weight excluding hydrogens is 364 g/mol.